The number of amides is 2. The molecule has 0 saturated heterocycles. The van der Waals surface area contributed by atoms with Gasteiger partial charge in [0.1, 0.15) is 5.82 Å². The van der Waals surface area contributed by atoms with Crippen molar-refractivity contribution < 1.29 is 14.0 Å². The van der Waals surface area contributed by atoms with Gasteiger partial charge < -0.3 is 9.80 Å². The summed E-state index contributed by atoms with van der Waals surface area (Å²) in [5.41, 5.74) is 1.21. The molecule has 4 nitrogen and oxygen atoms in total. The quantitative estimate of drug-likeness (QED) is 0.534. The molecule has 0 aliphatic carbocycles. The average molecular weight is 465 g/mol. The van der Waals surface area contributed by atoms with E-state index in [0.717, 1.165) is 17.5 Å². The molecule has 2 amide bonds. The van der Waals surface area contributed by atoms with E-state index in [4.69, 9.17) is 11.6 Å². The first-order valence-electron chi connectivity index (χ1n) is 10.6. The molecule has 168 valence electrons. The summed E-state index contributed by atoms with van der Waals surface area (Å²) in [5.74, 6) is -0.114. The van der Waals surface area contributed by atoms with Gasteiger partial charge in [0.15, 0.2) is 0 Å². The number of fused-ring (bicyclic) bond motifs is 1. The van der Waals surface area contributed by atoms with Crippen LogP contribution < -0.4 is 0 Å². The Morgan fingerprint density at radius 2 is 1.94 bits per heavy atom. The van der Waals surface area contributed by atoms with Crippen molar-refractivity contribution in [2.75, 3.05) is 25.5 Å². The Balaban J connectivity index is 1.90. The van der Waals surface area contributed by atoms with Crippen LogP contribution in [0.15, 0.2) is 35.7 Å². The van der Waals surface area contributed by atoms with Crippen molar-refractivity contribution >= 4 is 34.8 Å². The van der Waals surface area contributed by atoms with E-state index in [2.05, 4.69) is 0 Å². The lowest BCUT2D eigenvalue weighted by atomic mass is 9.92. The van der Waals surface area contributed by atoms with Crippen LogP contribution in [0.4, 0.5) is 4.39 Å². The third kappa shape index (κ3) is 5.29. The van der Waals surface area contributed by atoms with E-state index in [1.165, 1.54) is 17.0 Å². The first-order valence-corrected chi connectivity index (χ1v) is 12.0. The summed E-state index contributed by atoms with van der Waals surface area (Å²) in [5, 5.41) is 2.03. The molecule has 1 aromatic heterocycles. The standard InChI is InChI=1S/C24H30ClFN2O2S/c1-16(2)13-27(23(30)24(3,4)15-25)14-21(29)28-11-9-20-19(10-12-31-20)22(28)17-5-7-18(26)8-6-17/h5-8,10,12,16,22H,9,11,13-15H2,1-4H3. The smallest absolute Gasteiger partial charge is 0.242 e. The lowest BCUT2D eigenvalue weighted by Gasteiger charge is -2.39. The molecule has 0 fully saturated rings. The van der Waals surface area contributed by atoms with Crippen molar-refractivity contribution in [3.63, 3.8) is 0 Å². The summed E-state index contributed by atoms with van der Waals surface area (Å²) in [7, 11) is 0. The molecule has 1 aliphatic rings. The van der Waals surface area contributed by atoms with Gasteiger partial charge in [-0.25, -0.2) is 4.39 Å². The molecule has 2 aromatic rings. The Kier molecular flexibility index (Phi) is 7.43. The van der Waals surface area contributed by atoms with E-state index >= 15 is 0 Å². The predicted octanol–water partition coefficient (Wildman–Crippen LogP) is 5.11. The number of carbonyl (C=O) groups is 2. The van der Waals surface area contributed by atoms with Crippen molar-refractivity contribution in [1.29, 1.82) is 0 Å². The van der Waals surface area contributed by atoms with Crippen LogP contribution in [-0.2, 0) is 16.0 Å². The van der Waals surface area contributed by atoms with E-state index in [0.29, 0.717) is 13.1 Å². The molecule has 0 saturated carbocycles. The van der Waals surface area contributed by atoms with E-state index in [9.17, 15) is 14.0 Å². The zero-order valence-corrected chi connectivity index (χ0v) is 20.1. The molecule has 0 bridgehead atoms. The Morgan fingerprint density at radius 1 is 1.26 bits per heavy atom. The number of halogens is 2. The van der Waals surface area contributed by atoms with Crippen molar-refractivity contribution in [2.24, 2.45) is 11.3 Å². The summed E-state index contributed by atoms with van der Waals surface area (Å²) < 4.78 is 13.5. The molecule has 3 rings (SSSR count). The van der Waals surface area contributed by atoms with Gasteiger partial charge in [0.05, 0.1) is 18.0 Å². The van der Waals surface area contributed by atoms with Crippen molar-refractivity contribution in [3.05, 3.63) is 57.5 Å². The number of rotatable bonds is 7. The van der Waals surface area contributed by atoms with E-state index in [1.54, 1.807) is 42.2 Å². The minimum absolute atomic E-state index is 0.00843. The summed E-state index contributed by atoms with van der Waals surface area (Å²) in [6.07, 6.45) is 0.779. The highest BCUT2D eigenvalue weighted by Gasteiger charge is 2.37. The lowest BCUT2D eigenvalue weighted by molar-refractivity contribution is -0.146. The molecular formula is C24H30ClFN2O2S. The molecule has 7 heteroatoms. The second-order valence-corrected chi connectivity index (χ2v) is 10.5. The Bertz CT molecular complexity index is 926. The van der Waals surface area contributed by atoms with Gasteiger partial charge >= 0.3 is 0 Å². The highest BCUT2D eigenvalue weighted by molar-refractivity contribution is 7.10. The van der Waals surface area contributed by atoms with Crippen LogP contribution in [0, 0.1) is 17.2 Å². The van der Waals surface area contributed by atoms with Crippen LogP contribution in [0.2, 0.25) is 0 Å². The second-order valence-electron chi connectivity index (χ2n) is 9.19. The fourth-order valence-electron chi connectivity index (χ4n) is 3.99. The third-order valence-electron chi connectivity index (χ3n) is 5.58. The van der Waals surface area contributed by atoms with Crippen LogP contribution in [0.1, 0.15) is 49.7 Å². The fourth-order valence-corrected chi connectivity index (χ4v) is 5.01. The zero-order valence-electron chi connectivity index (χ0n) is 18.5. The van der Waals surface area contributed by atoms with E-state index < -0.39 is 5.41 Å². The van der Waals surface area contributed by atoms with Crippen LogP contribution in [0.25, 0.3) is 0 Å². The monoisotopic (exact) mass is 464 g/mol. The summed E-state index contributed by atoms with van der Waals surface area (Å²) in [6, 6.07) is 8.09. The number of hydrogen-bond acceptors (Lipinski definition) is 3. The maximum Gasteiger partial charge on any atom is 0.242 e. The highest BCUT2D eigenvalue weighted by atomic mass is 35.5. The molecular weight excluding hydrogens is 435 g/mol. The van der Waals surface area contributed by atoms with Gasteiger partial charge in [-0.2, -0.15) is 0 Å². The first-order chi connectivity index (χ1) is 14.6. The molecule has 0 N–H and O–H groups in total. The maximum atomic E-state index is 13.5. The molecule has 1 atom stereocenters. The number of thiophene rings is 1. The molecule has 1 aliphatic heterocycles. The Morgan fingerprint density at radius 3 is 2.55 bits per heavy atom. The van der Waals surface area contributed by atoms with E-state index in [1.807, 2.05) is 30.2 Å². The molecule has 1 unspecified atom stereocenters. The van der Waals surface area contributed by atoms with Gasteiger partial charge in [0.25, 0.3) is 0 Å². The van der Waals surface area contributed by atoms with Gasteiger partial charge in [-0.05, 0) is 60.9 Å². The molecule has 0 spiro atoms. The number of hydrogen-bond donors (Lipinski definition) is 0. The van der Waals surface area contributed by atoms with Crippen molar-refractivity contribution in [3.8, 4) is 0 Å². The zero-order chi connectivity index (χ0) is 22.8. The topological polar surface area (TPSA) is 40.6 Å². The van der Waals surface area contributed by atoms with Crippen LogP contribution >= 0.6 is 22.9 Å². The van der Waals surface area contributed by atoms with E-state index in [-0.39, 0.29) is 42.0 Å². The molecule has 2 heterocycles. The number of alkyl halides is 1. The normalized spacial score (nSPS) is 16.4. The minimum Gasteiger partial charge on any atom is -0.333 e. The molecule has 1 aromatic carbocycles. The maximum absolute atomic E-state index is 13.5. The minimum atomic E-state index is -0.741. The number of benzene rings is 1. The van der Waals surface area contributed by atoms with Gasteiger partial charge in [0.2, 0.25) is 11.8 Å². The van der Waals surface area contributed by atoms with Gasteiger partial charge in [-0.15, -0.1) is 22.9 Å². The summed E-state index contributed by atoms with van der Waals surface area (Å²) in [4.78, 5) is 31.4. The van der Waals surface area contributed by atoms with Gasteiger partial charge in [0, 0.05) is 23.8 Å². The Hall–Kier alpha value is -1.92. The highest BCUT2D eigenvalue weighted by Crippen LogP contribution is 2.38. The fraction of sp³-hybridized carbons (Fsp3) is 0.500. The number of carbonyl (C=O) groups excluding carboxylic acids is 2. The third-order valence-corrected chi connectivity index (χ3v) is 7.25. The largest absolute Gasteiger partial charge is 0.333 e. The first kappa shape index (κ1) is 23.7. The van der Waals surface area contributed by atoms with Crippen LogP contribution in [-0.4, -0.2) is 47.1 Å². The summed E-state index contributed by atoms with van der Waals surface area (Å²) in [6.45, 7) is 8.73. The predicted molar refractivity (Wildman–Crippen MR) is 124 cm³/mol. The van der Waals surface area contributed by atoms with Crippen molar-refractivity contribution in [2.45, 2.75) is 40.2 Å². The Labute approximate surface area is 193 Å². The SMILES string of the molecule is CC(C)CN(CC(=O)N1CCc2sccc2C1c1ccc(F)cc1)C(=O)C(C)(C)CCl. The molecule has 0 radical (unpaired) electrons. The second kappa shape index (κ2) is 9.70. The average Bonchev–Trinajstić information content (AvgIpc) is 3.21. The summed E-state index contributed by atoms with van der Waals surface area (Å²) >= 11 is 7.72. The lowest BCUT2D eigenvalue weighted by Crippen LogP contribution is -2.50. The van der Waals surface area contributed by atoms with Crippen LogP contribution in [0.5, 0.6) is 0 Å². The van der Waals surface area contributed by atoms with Crippen LogP contribution in [0.3, 0.4) is 0 Å². The molecule has 31 heavy (non-hydrogen) atoms. The van der Waals surface area contributed by atoms with Gasteiger partial charge in [-0.1, -0.05) is 26.0 Å². The van der Waals surface area contributed by atoms with Crippen molar-refractivity contribution in [1.82, 2.24) is 9.80 Å². The van der Waals surface area contributed by atoms with Gasteiger partial charge in [-0.3, -0.25) is 9.59 Å². The number of nitrogens with zero attached hydrogens (tertiary/aromatic N) is 2.